The second kappa shape index (κ2) is 6.55. The van der Waals surface area contributed by atoms with Gasteiger partial charge in [0, 0.05) is 18.4 Å². The minimum Gasteiger partial charge on any atom is -0.355 e. The molecule has 5 nitrogen and oxygen atoms in total. The maximum atomic E-state index is 13.0. The first-order valence-electron chi connectivity index (χ1n) is 6.71. The first-order chi connectivity index (χ1) is 10.2. The van der Waals surface area contributed by atoms with Gasteiger partial charge in [0.15, 0.2) is 11.0 Å². The van der Waals surface area contributed by atoms with Gasteiger partial charge in [-0.3, -0.25) is 0 Å². The molecule has 2 heterocycles. The third-order valence-electron chi connectivity index (χ3n) is 3.31. The third kappa shape index (κ3) is 3.42. The van der Waals surface area contributed by atoms with E-state index in [2.05, 4.69) is 10.2 Å². The highest BCUT2D eigenvalue weighted by Gasteiger charge is 2.17. The molecule has 21 heavy (non-hydrogen) atoms. The van der Waals surface area contributed by atoms with Crippen LogP contribution in [0.25, 0.3) is 11.4 Å². The molecule has 1 aromatic carbocycles. The van der Waals surface area contributed by atoms with Crippen molar-refractivity contribution < 1.29 is 13.9 Å². The Bertz CT molecular complexity index is 597. The number of hydrogen-bond donors (Lipinski definition) is 0. The largest absolute Gasteiger partial charge is 0.355 e. The zero-order chi connectivity index (χ0) is 14.7. The van der Waals surface area contributed by atoms with Crippen molar-refractivity contribution in [2.75, 3.05) is 19.2 Å². The number of nitrogens with zero attached hydrogens (tertiary/aromatic N) is 3. The minimum absolute atomic E-state index is 0.190. The van der Waals surface area contributed by atoms with Gasteiger partial charge >= 0.3 is 0 Å². The summed E-state index contributed by atoms with van der Waals surface area (Å²) in [5, 5.41) is 9.20. The van der Waals surface area contributed by atoms with Gasteiger partial charge in [0.2, 0.25) is 0 Å². The first kappa shape index (κ1) is 14.5. The third-order valence-corrected chi connectivity index (χ3v) is 4.46. The second-order valence-corrected chi connectivity index (χ2v) is 5.77. The summed E-state index contributed by atoms with van der Waals surface area (Å²) in [6.07, 6.45) is 1.09. The van der Waals surface area contributed by atoms with Crippen LogP contribution in [0.1, 0.15) is 6.42 Å². The van der Waals surface area contributed by atoms with Gasteiger partial charge in [-0.2, -0.15) is 0 Å². The summed E-state index contributed by atoms with van der Waals surface area (Å²) in [5.41, 5.74) is 0.848. The molecule has 1 aliphatic heterocycles. The molecule has 0 unspecified atom stereocenters. The Balaban J connectivity index is 1.68. The van der Waals surface area contributed by atoms with Crippen LogP contribution in [0.4, 0.5) is 4.39 Å². The molecule has 0 saturated carbocycles. The summed E-state index contributed by atoms with van der Waals surface area (Å²) in [6.45, 7) is 1.11. The zero-order valence-electron chi connectivity index (χ0n) is 11.7. The van der Waals surface area contributed by atoms with Crippen LogP contribution in [0.5, 0.6) is 0 Å². The molecule has 0 bridgehead atoms. The van der Waals surface area contributed by atoms with Crippen molar-refractivity contribution in [3.63, 3.8) is 0 Å². The van der Waals surface area contributed by atoms with Crippen LogP contribution in [0.2, 0.25) is 0 Å². The number of thioether (sulfide) groups is 1. The molecule has 1 aromatic heterocycles. The highest BCUT2D eigenvalue weighted by Crippen LogP contribution is 2.24. The van der Waals surface area contributed by atoms with Crippen molar-refractivity contribution in [2.24, 2.45) is 7.05 Å². The summed E-state index contributed by atoms with van der Waals surface area (Å²) < 4.78 is 25.5. The molecule has 0 spiro atoms. The summed E-state index contributed by atoms with van der Waals surface area (Å²) in [6, 6.07) is 6.25. The van der Waals surface area contributed by atoms with Crippen LogP contribution in [-0.2, 0) is 16.5 Å². The average molecular weight is 309 g/mol. The van der Waals surface area contributed by atoms with Crippen molar-refractivity contribution in [2.45, 2.75) is 17.7 Å². The average Bonchev–Trinajstić information content (AvgIpc) is 2.88. The minimum atomic E-state index is -0.257. The number of benzene rings is 1. The molecule has 2 aromatic rings. The summed E-state index contributed by atoms with van der Waals surface area (Å²) in [5.74, 6) is 1.29. The van der Waals surface area contributed by atoms with E-state index in [1.54, 1.807) is 23.9 Å². The zero-order valence-corrected chi connectivity index (χ0v) is 12.5. The SMILES string of the molecule is Cn1c(SC[C@@H]2CCOCO2)nnc1-c1ccc(F)cc1. The van der Waals surface area contributed by atoms with Crippen molar-refractivity contribution >= 4 is 11.8 Å². The molecule has 0 aliphatic carbocycles. The normalized spacial score (nSPS) is 18.9. The lowest BCUT2D eigenvalue weighted by molar-refractivity contribution is -0.130. The highest BCUT2D eigenvalue weighted by atomic mass is 32.2. The molecule has 112 valence electrons. The van der Waals surface area contributed by atoms with E-state index in [0.717, 1.165) is 35.3 Å². The Hall–Kier alpha value is -1.44. The first-order valence-corrected chi connectivity index (χ1v) is 7.70. The maximum absolute atomic E-state index is 13.0. The van der Waals surface area contributed by atoms with Gasteiger partial charge in [0.1, 0.15) is 12.6 Å². The fraction of sp³-hybridized carbons (Fsp3) is 0.429. The Labute approximate surface area is 126 Å². The summed E-state index contributed by atoms with van der Waals surface area (Å²) in [4.78, 5) is 0. The smallest absolute Gasteiger partial charge is 0.191 e. The lowest BCUT2D eigenvalue weighted by Gasteiger charge is -2.21. The Kier molecular flexibility index (Phi) is 4.52. The number of ether oxygens (including phenoxy) is 2. The number of rotatable bonds is 4. The molecule has 7 heteroatoms. The van der Waals surface area contributed by atoms with Crippen LogP contribution in [0.3, 0.4) is 0 Å². The highest BCUT2D eigenvalue weighted by molar-refractivity contribution is 7.99. The number of halogens is 1. The monoisotopic (exact) mass is 309 g/mol. The van der Waals surface area contributed by atoms with Gasteiger partial charge in [-0.25, -0.2) is 4.39 Å². The molecule has 1 saturated heterocycles. The van der Waals surface area contributed by atoms with Crippen LogP contribution in [0, 0.1) is 5.82 Å². The van der Waals surface area contributed by atoms with Crippen LogP contribution >= 0.6 is 11.8 Å². The Morgan fingerprint density at radius 2 is 2.14 bits per heavy atom. The lowest BCUT2D eigenvalue weighted by atomic mass is 10.2. The molecular weight excluding hydrogens is 293 g/mol. The molecule has 0 N–H and O–H groups in total. The Morgan fingerprint density at radius 3 is 2.86 bits per heavy atom. The summed E-state index contributed by atoms with van der Waals surface area (Å²) in [7, 11) is 1.91. The van der Waals surface area contributed by atoms with E-state index in [4.69, 9.17) is 9.47 Å². The van der Waals surface area contributed by atoms with Crippen molar-refractivity contribution in [3.8, 4) is 11.4 Å². The van der Waals surface area contributed by atoms with E-state index in [-0.39, 0.29) is 11.9 Å². The quantitative estimate of drug-likeness (QED) is 0.812. The van der Waals surface area contributed by atoms with Gasteiger partial charge in [0.05, 0.1) is 12.7 Å². The summed E-state index contributed by atoms with van der Waals surface area (Å²) >= 11 is 1.61. The lowest BCUT2D eigenvalue weighted by Crippen LogP contribution is -2.25. The van der Waals surface area contributed by atoms with E-state index in [1.807, 2.05) is 11.6 Å². The standard InChI is InChI=1S/C14H16FN3O2S/c1-18-13(10-2-4-11(15)5-3-10)16-17-14(18)21-8-12-6-7-19-9-20-12/h2-5,12H,6-9H2,1H3/t12-/m0/s1. The maximum Gasteiger partial charge on any atom is 0.191 e. The molecule has 0 amide bonds. The predicted octanol–water partition coefficient (Wildman–Crippen LogP) is 2.48. The van der Waals surface area contributed by atoms with Gasteiger partial charge in [-0.1, -0.05) is 11.8 Å². The van der Waals surface area contributed by atoms with Crippen molar-refractivity contribution in [3.05, 3.63) is 30.1 Å². The van der Waals surface area contributed by atoms with Gasteiger partial charge < -0.3 is 14.0 Å². The second-order valence-electron chi connectivity index (χ2n) is 4.79. The predicted molar refractivity (Wildman–Crippen MR) is 77.4 cm³/mol. The van der Waals surface area contributed by atoms with E-state index in [1.165, 1.54) is 12.1 Å². The van der Waals surface area contributed by atoms with Crippen LogP contribution in [-0.4, -0.2) is 40.0 Å². The van der Waals surface area contributed by atoms with E-state index in [9.17, 15) is 4.39 Å². The van der Waals surface area contributed by atoms with Gasteiger partial charge in [-0.15, -0.1) is 10.2 Å². The molecule has 1 fully saturated rings. The number of hydrogen-bond acceptors (Lipinski definition) is 5. The molecule has 0 radical (unpaired) electrons. The van der Waals surface area contributed by atoms with Crippen molar-refractivity contribution in [1.29, 1.82) is 0 Å². The van der Waals surface area contributed by atoms with Gasteiger partial charge in [-0.05, 0) is 30.7 Å². The van der Waals surface area contributed by atoms with E-state index in [0.29, 0.717) is 6.79 Å². The fourth-order valence-corrected chi connectivity index (χ4v) is 3.07. The number of aromatic nitrogens is 3. The van der Waals surface area contributed by atoms with E-state index < -0.39 is 0 Å². The van der Waals surface area contributed by atoms with Crippen molar-refractivity contribution in [1.82, 2.24) is 14.8 Å². The Morgan fingerprint density at radius 1 is 1.33 bits per heavy atom. The molecule has 3 rings (SSSR count). The topological polar surface area (TPSA) is 49.2 Å². The fourth-order valence-electron chi connectivity index (χ4n) is 2.09. The molecular formula is C14H16FN3O2S. The molecule has 1 atom stereocenters. The van der Waals surface area contributed by atoms with E-state index >= 15 is 0 Å². The van der Waals surface area contributed by atoms with Crippen LogP contribution in [0.15, 0.2) is 29.4 Å². The van der Waals surface area contributed by atoms with Crippen LogP contribution < -0.4 is 0 Å². The molecule has 1 aliphatic rings. The van der Waals surface area contributed by atoms with Gasteiger partial charge in [0.25, 0.3) is 0 Å².